The molecule has 0 bridgehead atoms. The summed E-state index contributed by atoms with van der Waals surface area (Å²) in [6, 6.07) is 10.9. The quantitative estimate of drug-likeness (QED) is 0.458. The largest absolute Gasteiger partial charge is 0.366 e. The van der Waals surface area contributed by atoms with Crippen LogP contribution in [-0.2, 0) is 14.8 Å². The van der Waals surface area contributed by atoms with Crippen molar-refractivity contribution in [1.29, 1.82) is 0 Å². The zero-order valence-corrected chi connectivity index (χ0v) is 19.3. The van der Waals surface area contributed by atoms with E-state index in [2.05, 4.69) is 20.4 Å². The van der Waals surface area contributed by atoms with E-state index in [0.717, 1.165) is 11.8 Å². The van der Waals surface area contributed by atoms with Gasteiger partial charge in [-0.25, -0.2) is 13.4 Å². The van der Waals surface area contributed by atoms with Crippen molar-refractivity contribution >= 4 is 27.3 Å². The van der Waals surface area contributed by atoms with Crippen LogP contribution < -0.4 is 5.32 Å². The lowest BCUT2D eigenvalue weighted by Gasteiger charge is -2.29. The number of carbonyl (C=O) groups is 1. The molecule has 12 heteroatoms. The Morgan fingerprint density at radius 1 is 1.24 bits per heavy atom. The van der Waals surface area contributed by atoms with Gasteiger partial charge in [-0.05, 0) is 30.7 Å². The second-order valence-electron chi connectivity index (χ2n) is 7.99. The maximum absolute atomic E-state index is 12.9. The Morgan fingerprint density at radius 3 is 2.91 bits per heavy atom. The van der Waals surface area contributed by atoms with Gasteiger partial charge in [0.15, 0.2) is 6.10 Å². The molecule has 5 rings (SSSR count). The molecule has 34 heavy (non-hydrogen) atoms. The number of anilines is 1. The molecule has 1 unspecified atom stereocenters. The lowest BCUT2D eigenvalue weighted by Crippen LogP contribution is -2.41. The molecule has 176 valence electrons. The van der Waals surface area contributed by atoms with Crippen molar-refractivity contribution in [3.05, 3.63) is 65.9 Å². The number of benzene rings is 1. The summed E-state index contributed by atoms with van der Waals surface area (Å²) in [6.07, 6.45) is 3.81. The lowest BCUT2D eigenvalue weighted by atomic mass is 10.1. The Kier molecular flexibility index (Phi) is 5.63. The van der Waals surface area contributed by atoms with E-state index in [4.69, 9.17) is 9.26 Å². The molecule has 0 radical (unpaired) electrons. The second-order valence-corrected chi connectivity index (χ2v) is 9.98. The highest BCUT2D eigenvalue weighted by Crippen LogP contribution is 2.27. The fraction of sp³-hybridized carbons (Fsp3) is 0.273. The lowest BCUT2D eigenvalue weighted by molar-refractivity contribution is -0.0197. The van der Waals surface area contributed by atoms with Gasteiger partial charge in [-0.2, -0.15) is 9.29 Å². The molecule has 1 N–H and O–H groups in total. The first kappa shape index (κ1) is 22.2. The molecule has 3 aromatic heterocycles. The Labute approximate surface area is 195 Å². The minimum Gasteiger partial charge on any atom is -0.366 e. The number of hydrogen-bond acceptors (Lipinski definition) is 8. The number of ether oxygens (including phenoxy) is 1. The summed E-state index contributed by atoms with van der Waals surface area (Å²) in [5, 5.41) is 6.95. The summed E-state index contributed by atoms with van der Waals surface area (Å²) in [7, 11) is -3.35. The van der Waals surface area contributed by atoms with E-state index in [0.29, 0.717) is 28.4 Å². The Balaban J connectivity index is 1.37. The summed E-state index contributed by atoms with van der Waals surface area (Å²) in [5.41, 5.74) is 3.17. The maximum Gasteiger partial charge on any atom is 0.274 e. The molecule has 1 fully saturated rings. The van der Waals surface area contributed by atoms with Gasteiger partial charge in [0.25, 0.3) is 11.8 Å². The molecule has 0 saturated carbocycles. The topological polar surface area (TPSA) is 132 Å². The van der Waals surface area contributed by atoms with Crippen molar-refractivity contribution in [3.8, 4) is 11.4 Å². The third kappa shape index (κ3) is 4.30. The van der Waals surface area contributed by atoms with E-state index < -0.39 is 16.1 Å². The van der Waals surface area contributed by atoms with Crippen LogP contribution in [-0.4, -0.2) is 64.1 Å². The predicted octanol–water partition coefficient (Wildman–Crippen LogP) is 2.28. The fourth-order valence-corrected chi connectivity index (χ4v) is 4.55. The molecule has 1 atom stereocenters. The highest BCUT2D eigenvalue weighted by atomic mass is 32.2. The summed E-state index contributed by atoms with van der Waals surface area (Å²) in [5.74, 6) is 0.199. The van der Waals surface area contributed by atoms with Crippen LogP contribution in [0.4, 0.5) is 5.69 Å². The Hall–Kier alpha value is -3.61. The molecule has 11 nitrogen and oxygen atoms in total. The van der Waals surface area contributed by atoms with Crippen molar-refractivity contribution in [2.24, 2.45) is 0 Å². The number of rotatable bonds is 5. The van der Waals surface area contributed by atoms with Crippen LogP contribution in [0.3, 0.4) is 0 Å². The van der Waals surface area contributed by atoms with Crippen molar-refractivity contribution < 1.29 is 22.5 Å². The van der Waals surface area contributed by atoms with Gasteiger partial charge in [-0.15, -0.1) is 0 Å². The van der Waals surface area contributed by atoms with Gasteiger partial charge in [0.05, 0.1) is 19.1 Å². The highest BCUT2D eigenvalue weighted by Gasteiger charge is 2.31. The van der Waals surface area contributed by atoms with Crippen LogP contribution in [0.1, 0.15) is 28.0 Å². The molecule has 0 aliphatic carbocycles. The monoisotopic (exact) mass is 482 g/mol. The SMILES string of the molecule is Cc1ccc(-c2noc(C3CN(S(C)(=O)=O)CCO3)n2)cc1NC(=O)c1cnc2ccccn12. The van der Waals surface area contributed by atoms with Crippen molar-refractivity contribution in [3.63, 3.8) is 0 Å². The van der Waals surface area contributed by atoms with E-state index in [1.807, 2.05) is 37.3 Å². The molecule has 1 amide bonds. The first-order valence-corrected chi connectivity index (χ1v) is 12.4. The average Bonchev–Trinajstić information content (AvgIpc) is 3.48. The summed E-state index contributed by atoms with van der Waals surface area (Å²) in [4.78, 5) is 21.6. The number of carbonyl (C=O) groups excluding carboxylic acids is 1. The fourth-order valence-electron chi connectivity index (χ4n) is 3.74. The number of amides is 1. The van der Waals surface area contributed by atoms with Gasteiger partial charge < -0.3 is 14.6 Å². The number of imidazole rings is 1. The number of pyridine rings is 1. The number of sulfonamides is 1. The number of morpholine rings is 1. The van der Waals surface area contributed by atoms with Crippen LogP contribution in [0.2, 0.25) is 0 Å². The number of nitrogens with zero attached hydrogens (tertiary/aromatic N) is 5. The molecule has 1 aliphatic rings. The van der Waals surface area contributed by atoms with Crippen LogP contribution in [0, 0.1) is 6.92 Å². The number of aromatic nitrogens is 4. The van der Waals surface area contributed by atoms with Crippen molar-refractivity contribution in [2.75, 3.05) is 31.3 Å². The number of fused-ring (bicyclic) bond motifs is 1. The molecule has 1 aromatic carbocycles. The molecule has 1 saturated heterocycles. The normalized spacial score (nSPS) is 17.2. The summed E-state index contributed by atoms with van der Waals surface area (Å²) >= 11 is 0. The van der Waals surface area contributed by atoms with Crippen LogP contribution in [0.15, 0.2) is 53.3 Å². The van der Waals surface area contributed by atoms with Gasteiger partial charge in [0, 0.05) is 30.5 Å². The van der Waals surface area contributed by atoms with Gasteiger partial charge >= 0.3 is 0 Å². The minimum absolute atomic E-state index is 0.106. The first-order chi connectivity index (χ1) is 16.3. The number of hydrogen-bond donors (Lipinski definition) is 1. The van der Waals surface area contributed by atoms with E-state index in [-0.39, 0.29) is 31.5 Å². The van der Waals surface area contributed by atoms with E-state index in [1.54, 1.807) is 16.7 Å². The third-order valence-corrected chi connectivity index (χ3v) is 6.88. The highest BCUT2D eigenvalue weighted by molar-refractivity contribution is 7.88. The van der Waals surface area contributed by atoms with E-state index in [9.17, 15) is 13.2 Å². The van der Waals surface area contributed by atoms with Crippen molar-refractivity contribution in [2.45, 2.75) is 13.0 Å². The zero-order chi connectivity index (χ0) is 23.9. The number of aryl methyl sites for hydroxylation is 1. The smallest absolute Gasteiger partial charge is 0.274 e. The van der Waals surface area contributed by atoms with Gasteiger partial charge in [-0.1, -0.05) is 23.4 Å². The molecule has 4 aromatic rings. The van der Waals surface area contributed by atoms with Gasteiger partial charge in [0.1, 0.15) is 11.3 Å². The van der Waals surface area contributed by atoms with Gasteiger partial charge in [-0.3, -0.25) is 9.20 Å². The summed E-state index contributed by atoms with van der Waals surface area (Å²) in [6.45, 7) is 2.50. The second kappa shape index (κ2) is 8.63. The third-order valence-electron chi connectivity index (χ3n) is 5.61. The maximum atomic E-state index is 12.9. The molecule has 1 aliphatic heterocycles. The minimum atomic E-state index is -3.35. The Morgan fingerprint density at radius 2 is 2.09 bits per heavy atom. The van der Waals surface area contributed by atoms with Crippen LogP contribution >= 0.6 is 0 Å². The molecule has 4 heterocycles. The summed E-state index contributed by atoms with van der Waals surface area (Å²) < 4.78 is 37.8. The van der Waals surface area contributed by atoms with Crippen LogP contribution in [0.5, 0.6) is 0 Å². The molecular weight excluding hydrogens is 460 g/mol. The standard InChI is InChI=1S/C22H22N6O5S/c1-14-6-7-15(11-16(14)24-21(29)17-12-23-19-5-3-4-8-28(17)19)20-25-22(33-26-20)18-13-27(9-10-32-18)34(2,30)31/h3-8,11-12,18H,9-10,13H2,1-2H3,(H,24,29). The van der Waals surface area contributed by atoms with E-state index in [1.165, 1.54) is 10.5 Å². The molecular formula is C22H22N6O5S. The van der Waals surface area contributed by atoms with Crippen molar-refractivity contribution in [1.82, 2.24) is 23.8 Å². The predicted molar refractivity (Wildman–Crippen MR) is 123 cm³/mol. The van der Waals surface area contributed by atoms with Crippen LogP contribution in [0.25, 0.3) is 17.0 Å². The van der Waals surface area contributed by atoms with Gasteiger partial charge in [0.2, 0.25) is 15.8 Å². The van der Waals surface area contributed by atoms with E-state index >= 15 is 0 Å². The first-order valence-electron chi connectivity index (χ1n) is 10.5. The molecule has 0 spiro atoms. The number of nitrogens with one attached hydrogen (secondary N) is 1. The zero-order valence-electron chi connectivity index (χ0n) is 18.5. The average molecular weight is 483 g/mol. The Bertz CT molecular complexity index is 1480.